The molecule has 2 N–H and O–H groups in total. The van der Waals surface area contributed by atoms with Crippen molar-refractivity contribution in [3.8, 4) is 6.07 Å². The van der Waals surface area contributed by atoms with Gasteiger partial charge in [-0.25, -0.2) is 4.39 Å². The molecule has 2 saturated heterocycles. The van der Waals surface area contributed by atoms with E-state index in [2.05, 4.69) is 63.0 Å². The summed E-state index contributed by atoms with van der Waals surface area (Å²) in [5.41, 5.74) is 12.2. The van der Waals surface area contributed by atoms with Gasteiger partial charge < -0.3 is 15.5 Å². The SMILES string of the molecule is C[C@@H]1CN(c2ccc(C#N)c3ncccc23)C[C@@H]2c3ccc(N4C[C@@H](F)[C@@H](N)C4)cc3CN12. The lowest BCUT2D eigenvalue weighted by atomic mass is 9.99. The molecule has 6 rings (SSSR count). The fourth-order valence-electron chi connectivity index (χ4n) is 5.83. The van der Waals surface area contributed by atoms with Crippen LogP contribution in [0, 0.1) is 11.3 Å². The lowest BCUT2D eigenvalue weighted by Crippen LogP contribution is -2.51. The van der Waals surface area contributed by atoms with Crippen LogP contribution < -0.4 is 15.5 Å². The van der Waals surface area contributed by atoms with Gasteiger partial charge in [0.15, 0.2) is 0 Å². The van der Waals surface area contributed by atoms with Crippen molar-refractivity contribution < 1.29 is 4.39 Å². The minimum absolute atomic E-state index is 0.301. The van der Waals surface area contributed by atoms with Gasteiger partial charge in [0.05, 0.1) is 29.7 Å². The summed E-state index contributed by atoms with van der Waals surface area (Å²) in [6, 6.07) is 17.1. The van der Waals surface area contributed by atoms with Crippen LogP contribution in [0.15, 0.2) is 48.7 Å². The van der Waals surface area contributed by atoms with Gasteiger partial charge in [-0.3, -0.25) is 9.88 Å². The van der Waals surface area contributed by atoms with Crippen molar-refractivity contribution in [2.75, 3.05) is 36.0 Å². The van der Waals surface area contributed by atoms with Crippen LogP contribution in [0.1, 0.15) is 29.7 Å². The Hall–Kier alpha value is -3.21. The maximum absolute atomic E-state index is 14.0. The number of fused-ring (bicyclic) bond motifs is 4. The number of rotatable bonds is 2. The molecule has 0 aliphatic carbocycles. The first-order chi connectivity index (χ1) is 16.0. The maximum Gasteiger partial charge on any atom is 0.134 e. The van der Waals surface area contributed by atoms with E-state index in [0.717, 1.165) is 41.9 Å². The molecule has 6 nitrogen and oxygen atoms in total. The van der Waals surface area contributed by atoms with Crippen LogP contribution in [0.5, 0.6) is 0 Å². The first-order valence-electron chi connectivity index (χ1n) is 11.6. The maximum atomic E-state index is 14.0. The van der Waals surface area contributed by atoms with Gasteiger partial charge in [0, 0.05) is 55.2 Å². The summed E-state index contributed by atoms with van der Waals surface area (Å²) >= 11 is 0. The van der Waals surface area contributed by atoms with Gasteiger partial charge in [-0.1, -0.05) is 6.07 Å². The van der Waals surface area contributed by atoms with Crippen LogP contribution in [-0.4, -0.2) is 54.3 Å². The first-order valence-corrected chi connectivity index (χ1v) is 11.6. The molecule has 0 bridgehead atoms. The zero-order valence-electron chi connectivity index (χ0n) is 18.7. The van der Waals surface area contributed by atoms with Crippen LogP contribution >= 0.6 is 0 Å². The van der Waals surface area contributed by atoms with Crippen LogP contribution in [0.25, 0.3) is 10.9 Å². The quantitative estimate of drug-likeness (QED) is 0.656. The molecular weight excluding hydrogens is 415 g/mol. The molecule has 168 valence electrons. The second-order valence-electron chi connectivity index (χ2n) is 9.55. The van der Waals surface area contributed by atoms with E-state index < -0.39 is 12.2 Å². The Morgan fingerprint density at radius 1 is 1.09 bits per heavy atom. The molecule has 0 spiro atoms. The van der Waals surface area contributed by atoms with Crippen LogP contribution in [0.4, 0.5) is 15.8 Å². The third kappa shape index (κ3) is 3.25. The second-order valence-corrected chi connectivity index (χ2v) is 9.55. The van der Waals surface area contributed by atoms with E-state index in [1.54, 1.807) is 6.20 Å². The fraction of sp³-hybridized carbons (Fsp3) is 0.385. The summed E-state index contributed by atoms with van der Waals surface area (Å²) in [5.74, 6) is 0. The molecule has 33 heavy (non-hydrogen) atoms. The monoisotopic (exact) mass is 442 g/mol. The second kappa shape index (κ2) is 7.68. The molecule has 1 aromatic heterocycles. The molecule has 0 saturated carbocycles. The number of alkyl halides is 1. The third-order valence-electron chi connectivity index (χ3n) is 7.55. The van der Waals surface area contributed by atoms with Crippen molar-refractivity contribution in [3.63, 3.8) is 0 Å². The van der Waals surface area contributed by atoms with Crippen LogP contribution in [0.3, 0.4) is 0 Å². The number of benzene rings is 2. The summed E-state index contributed by atoms with van der Waals surface area (Å²) in [6.45, 7) is 5.93. The van der Waals surface area contributed by atoms with Gasteiger partial charge in [-0.15, -0.1) is 0 Å². The number of aromatic nitrogens is 1. The van der Waals surface area contributed by atoms with E-state index in [1.807, 2.05) is 12.1 Å². The highest BCUT2D eigenvalue weighted by Gasteiger charge is 2.40. The van der Waals surface area contributed by atoms with E-state index in [4.69, 9.17) is 5.73 Å². The van der Waals surface area contributed by atoms with E-state index >= 15 is 0 Å². The minimum atomic E-state index is -0.963. The van der Waals surface area contributed by atoms with Gasteiger partial charge in [0.1, 0.15) is 12.2 Å². The molecule has 4 heterocycles. The van der Waals surface area contributed by atoms with Gasteiger partial charge in [0.2, 0.25) is 0 Å². The van der Waals surface area contributed by atoms with Crippen molar-refractivity contribution in [1.82, 2.24) is 9.88 Å². The lowest BCUT2D eigenvalue weighted by molar-refractivity contribution is 0.134. The number of nitrogens with two attached hydrogens (primary N) is 1. The highest BCUT2D eigenvalue weighted by atomic mass is 19.1. The third-order valence-corrected chi connectivity index (χ3v) is 7.55. The molecule has 2 aromatic carbocycles. The summed E-state index contributed by atoms with van der Waals surface area (Å²) in [7, 11) is 0. The molecule has 4 atom stereocenters. The summed E-state index contributed by atoms with van der Waals surface area (Å²) in [4.78, 5) is 11.6. The van der Waals surface area contributed by atoms with E-state index in [9.17, 15) is 9.65 Å². The number of piperazine rings is 1. The average Bonchev–Trinajstić information content (AvgIpc) is 3.37. The standard InChI is InChI=1S/C26H27FN6/c1-16-11-32(24-7-4-17(10-28)26-21(24)3-2-8-30-26)15-25-20-6-5-19(9-18(20)12-33(16)25)31-13-22(27)23(29)14-31/h2-9,16,22-23,25H,11-15,29H2,1H3/t16-,22-,23+,25-/m1/s1. The molecule has 2 fully saturated rings. The predicted molar refractivity (Wildman–Crippen MR) is 128 cm³/mol. The molecule has 3 aliphatic rings. The fourth-order valence-corrected chi connectivity index (χ4v) is 5.83. The smallest absolute Gasteiger partial charge is 0.134 e. The number of hydrogen-bond donors (Lipinski definition) is 1. The topological polar surface area (TPSA) is 72.4 Å². The Labute approximate surface area is 193 Å². The number of anilines is 2. The molecule has 0 radical (unpaired) electrons. The van der Waals surface area contributed by atoms with Crippen molar-refractivity contribution in [2.45, 2.75) is 37.8 Å². The molecule has 0 amide bonds. The summed E-state index contributed by atoms with van der Waals surface area (Å²) in [5, 5.41) is 10.5. The van der Waals surface area contributed by atoms with Gasteiger partial charge >= 0.3 is 0 Å². The molecule has 3 aliphatic heterocycles. The largest absolute Gasteiger partial charge is 0.368 e. The summed E-state index contributed by atoms with van der Waals surface area (Å²) in [6.07, 6.45) is 0.784. The Bertz CT molecular complexity index is 1260. The Kier molecular flexibility index (Phi) is 4.75. The van der Waals surface area contributed by atoms with Crippen molar-refractivity contribution in [1.29, 1.82) is 5.26 Å². The van der Waals surface area contributed by atoms with Crippen molar-refractivity contribution in [2.24, 2.45) is 5.73 Å². The normalized spacial score (nSPS) is 27.0. The minimum Gasteiger partial charge on any atom is -0.368 e. The average molecular weight is 443 g/mol. The Balaban J connectivity index is 1.32. The van der Waals surface area contributed by atoms with Crippen molar-refractivity contribution in [3.05, 3.63) is 65.4 Å². The zero-order valence-corrected chi connectivity index (χ0v) is 18.7. The van der Waals surface area contributed by atoms with Crippen LogP contribution in [0.2, 0.25) is 0 Å². The van der Waals surface area contributed by atoms with Crippen molar-refractivity contribution >= 4 is 22.3 Å². The van der Waals surface area contributed by atoms with Gasteiger partial charge in [-0.2, -0.15) is 5.26 Å². The number of nitrogens with zero attached hydrogens (tertiary/aromatic N) is 5. The van der Waals surface area contributed by atoms with E-state index in [0.29, 0.717) is 30.7 Å². The van der Waals surface area contributed by atoms with Crippen LogP contribution in [-0.2, 0) is 6.54 Å². The highest BCUT2D eigenvalue weighted by Crippen LogP contribution is 2.42. The zero-order chi connectivity index (χ0) is 22.7. The Morgan fingerprint density at radius 3 is 2.76 bits per heavy atom. The number of nitriles is 1. The predicted octanol–water partition coefficient (Wildman–Crippen LogP) is 3.36. The van der Waals surface area contributed by atoms with E-state index in [-0.39, 0.29) is 0 Å². The molecule has 0 unspecified atom stereocenters. The number of halogens is 1. The number of hydrogen-bond acceptors (Lipinski definition) is 6. The summed E-state index contributed by atoms with van der Waals surface area (Å²) < 4.78 is 14.0. The lowest BCUT2D eigenvalue weighted by Gasteiger charge is -2.43. The molecule has 3 aromatic rings. The van der Waals surface area contributed by atoms with Gasteiger partial charge in [-0.05, 0) is 54.4 Å². The van der Waals surface area contributed by atoms with Gasteiger partial charge in [0.25, 0.3) is 0 Å². The Morgan fingerprint density at radius 2 is 1.97 bits per heavy atom. The molecular formula is C26H27FN6. The van der Waals surface area contributed by atoms with E-state index in [1.165, 1.54) is 11.1 Å². The number of pyridine rings is 1. The first kappa shape index (κ1) is 20.4. The molecule has 7 heteroatoms. The highest BCUT2D eigenvalue weighted by molar-refractivity contribution is 5.95.